The molecule has 2 atom stereocenters. The predicted octanol–water partition coefficient (Wildman–Crippen LogP) is 3.46. The molecular weight excluding hydrogens is 382 g/mol. The summed E-state index contributed by atoms with van der Waals surface area (Å²) in [5, 5.41) is 10.3. The molecule has 2 aliphatic carbocycles. The first-order valence-corrected chi connectivity index (χ1v) is 9.54. The normalized spacial score (nSPS) is 23.0. The molecule has 4 rings (SSSR count). The van der Waals surface area contributed by atoms with Crippen LogP contribution in [-0.4, -0.2) is 25.7 Å². The number of hydrogen-bond donors (Lipinski definition) is 1. The van der Waals surface area contributed by atoms with Gasteiger partial charge in [0.25, 0.3) is 5.56 Å². The quantitative estimate of drug-likeness (QED) is 0.794. The zero-order chi connectivity index (χ0) is 17.4. The van der Waals surface area contributed by atoms with Gasteiger partial charge in [0.2, 0.25) is 0 Å². The first kappa shape index (κ1) is 16.7. The van der Waals surface area contributed by atoms with Crippen molar-refractivity contribution in [2.75, 3.05) is 0 Å². The van der Waals surface area contributed by atoms with Crippen LogP contribution in [0.15, 0.2) is 35.7 Å². The summed E-state index contributed by atoms with van der Waals surface area (Å²) in [6.45, 7) is 0. The van der Waals surface area contributed by atoms with Crippen molar-refractivity contribution in [3.8, 4) is 11.3 Å². The Morgan fingerprint density at radius 2 is 2.08 bits per heavy atom. The first-order chi connectivity index (χ1) is 12.2. The van der Waals surface area contributed by atoms with Crippen LogP contribution in [0, 0.1) is 0 Å². The van der Waals surface area contributed by atoms with Crippen LogP contribution in [-0.2, 0) is 6.42 Å². The van der Waals surface area contributed by atoms with Gasteiger partial charge in [-0.3, -0.25) is 14.3 Å². The molecule has 130 valence electrons. The molecule has 5 nitrogen and oxygen atoms in total. The second-order valence-corrected chi connectivity index (χ2v) is 7.57. The summed E-state index contributed by atoms with van der Waals surface area (Å²) in [4.78, 5) is 22.0. The summed E-state index contributed by atoms with van der Waals surface area (Å²) in [5.41, 5.74) is 3.30. The number of allylic oxidation sites excluding steroid dienone is 1. The number of fused-ring (bicyclic) bond motifs is 3. The Morgan fingerprint density at radius 3 is 2.92 bits per heavy atom. The summed E-state index contributed by atoms with van der Waals surface area (Å²) in [6.07, 6.45) is 11.8. The number of halogens is 1. The third kappa shape index (κ3) is 2.98. The fourth-order valence-corrected chi connectivity index (χ4v) is 4.41. The van der Waals surface area contributed by atoms with E-state index in [4.69, 9.17) is 0 Å². The molecule has 1 N–H and O–H groups in total. The molecule has 0 radical (unpaired) electrons. The number of rotatable bonds is 1. The second-order valence-electron chi connectivity index (χ2n) is 6.72. The van der Waals surface area contributed by atoms with E-state index in [0.29, 0.717) is 6.42 Å². The highest BCUT2D eigenvalue weighted by molar-refractivity contribution is 9.15. The van der Waals surface area contributed by atoms with E-state index in [9.17, 15) is 9.90 Å². The molecule has 0 spiro atoms. The SMILES string of the molecule is O=c1c2c(ncn1C1CCCCC1O)-c1ccncc1C(Br)=CCC2. The molecule has 2 aromatic heterocycles. The average Bonchev–Trinajstić information content (AvgIpc) is 2.62. The maximum Gasteiger partial charge on any atom is 0.257 e. The van der Waals surface area contributed by atoms with Crippen molar-refractivity contribution in [2.24, 2.45) is 0 Å². The van der Waals surface area contributed by atoms with Crippen molar-refractivity contribution in [3.63, 3.8) is 0 Å². The zero-order valence-corrected chi connectivity index (χ0v) is 15.4. The highest BCUT2D eigenvalue weighted by Crippen LogP contribution is 2.35. The van der Waals surface area contributed by atoms with Crippen LogP contribution in [0.3, 0.4) is 0 Å². The van der Waals surface area contributed by atoms with Crippen LogP contribution in [0.5, 0.6) is 0 Å². The Bertz CT molecular complexity index is 890. The van der Waals surface area contributed by atoms with Crippen molar-refractivity contribution in [2.45, 2.75) is 50.7 Å². The van der Waals surface area contributed by atoms with Gasteiger partial charge in [-0.15, -0.1) is 0 Å². The van der Waals surface area contributed by atoms with Crippen molar-refractivity contribution in [3.05, 3.63) is 52.3 Å². The Balaban J connectivity index is 1.87. The van der Waals surface area contributed by atoms with Gasteiger partial charge in [-0.05, 0) is 31.7 Å². The van der Waals surface area contributed by atoms with Gasteiger partial charge in [0, 0.05) is 33.6 Å². The molecule has 2 unspecified atom stereocenters. The smallest absolute Gasteiger partial charge is 0.257 e. The molecule has 1 fully saturated rings. The molecule has 1 saturated carbocycles. The number of aliphatic hydroxyl groups excluding tert-OH is 1. The second kappa shape index (κ2) is 6.84. The van der Waals surface area contributed by atoms with Crippen LogP contribution < -0.4 is 5.56 Å². The van der Waals surface area contributed by atoms with Gasteiger partial charge in [-0.1, -0.05) is 34.8 Å². The monoisotopic (exact) mass is 401 g/mol. The van der Waals surface area contributed by atoms with Gasteiger partial charge < -0.3 is 5.11 Å². The molecule has 2 aromatic rings. The van der Waals surface area contributed by atoms with E-state index in [1.54, 1.807) is 23.3 Å². The third-order valence-corrected chi connectivity index (χ3v) is 5.94. The van der Waals surface area contributed by atoms with E-state index in [-0.39, 0.29) is 11.6 Å². The van der Waals surface area contributed by atoms with Gasteiger partial charge in [-0.2, -0.15) is 0 Å². The number of pyridine rings is 1. The Hall–Kier alpha value is -1.79. The summed E-state index contributed by atoms with van der Waals surface area (Å²) in [6, 6.07) is 1.74. The minimum atomic E-state index is -0.467. The zero-order valence-electron chi connectivity index (χ0n) is 13.9. The number of aromatic nitrogens is 3. The highest BCUT2D eigenvalue weighted by atomic mass is 79.9. The van der Waals surface area contributed by atoms with Gasteiger partial charge in [-0.25, -0.2) is 4.98 Å². The molecule has 0 amide bonds. The van der Waals surface area contributed by atoms with Gasteiger partial charge >= 0.3 is 0 Å². The fourth-order valence-electron chi connectivity index (χ4n) is 3.86. The van der Waals surface area contributed by atoms with E-state index in [0.717, 1.165) is 59.0 Å². The predicted molar refractivity (Wildman–Crippen MR) is 100 cm³/mol. The van der Waals surface area contributed by atoms with Crippen molar-refractivity contribution < 1.29 is 5.11 Å². The summed E-state index contributed by atoms with van der Waals surface area (Å²) < 4.78 is 2.64. The van der Waals surface area contributed by atoms with Crippen molar-refractivity contribution in [1.82, 2.24) is 14.5 Å². The number of nitrogens with zero attached hydrogens (tertiary/aromatic N) is 3. The molecule has 0 bridgehead atoms. The third-order valence-electron chi connectivity index (χ3n) is 5.19. The van der Waals surface area contributed by atoms with E-state index >= 15 is 0 Å². The van der Waals surface area contributed by atoms with Crippen LogP contribution in [0.2, 0.25) is 0 Å². The van der Waals surface area contributed by atoms with Crippen molar-refractivity contribution in [1.29, 1.82) is 0 Å². The highest BCUT2D eigenvalue weighted by Gasteiger charge is 2.27. The molecule has 0 aliphatic heterocycles. The molecule has 6 heteroatoms. The molecular formula is C19H20BrN3O2. The lowest BCUT2D eigenvalue weighted by Gasteiger charge is -2.29. The maximum atomic E-state index is 13.2. The number of hydrogen-bond acceptors (Lipinski definition) is 4. The van der Waals surface area contributed by atoms with Gasteiger partial charge in [0.05, 0.1) is 24.2 Å². The lowest BCUT2D eigenvalue weighted by atomic mass is 9.92. The summed E-state index contributed by atoms with van der Waals surface area (Å²) >= 11 is 3.60. The topological polar surface area (TPSA) is 68.0 Å². The average molecular weight is 402 g/mol. The summed E-state index contributed by atoms with van der Waals surface area (Å²) in [5.74, 6) is 0. The van der Waals surface area contributed by atoms with E-state index in [1.807, 2.05) is 6.07 Å². The standard InChI is InChI=1S/C19H20BrN3O2/c20-15-5-3-4-13-18(12-8-9-21-10-14(12)15)22-11-23(19(13)25)16-6-1-2-7-17(16)24/h5,8-11,16-17,24H,1-4,6-7H2. The molecule has 0 aromatic carbocycles. The Kier molecular flexibility index (Phi) is 4.56. The largest absolute Gasteiger partial charge is 0.391 e. The summed E-state index contributed by atoms with van der Waals surface area (Å²) in [7, 11) is 0. The van der Waals surface area contributed by atoms with Crippen LogP contribution in [0.1, 0.15) is 49.3 Å². The minimum Gasteiger partial charge on any atom is -0.391 e. The number of aliphatic hydroxyl groups is 1. The van der Waals surface area contributed by atoms with E-state index in [2.05, 4.69) is 32.0 Å². The van der Waals surface area contributed by atoms with Crippen molar-refractivity contribution >= 4 is 20.4 Å². The molecule has 25 heavy (non-hydrogen) atoms. The van der Waals surface area contributed by atoms with E-state index in [1.165, 1.54) is 0 Å². The Morgan fingerprint density at radius 1 is 1.24 bits per heavy atom. The van der Waals surface area contributed by atoms with Gasteiger partial charge in [0.15, 0.2) is 0 Å². The minimum absolute atomic E-state index is 0.0230. The van der Waals surface area contributed by atoms with Crippen LogP contribution in [0.4, 0.5) is 0 Å². The fraction of sp³-hybridized carbons (Fsp3) is 0.421. The first-order valence-electron chi connectivity index (χ1n) is 8.75. The lowest BCUT2D eigenvalue weighted by Crippen LogP contribution is -2.36. The molecule has 2 heterocycles. The molecule has 2 aliphatic rings. The maximum absolute atomic E-state index is 13.2. The lowest BCUT2D eigenvalue weighted by molar-refractivity contribution is 0.0731. The van der Waals surface area contributed by atoms with Crippen LogP contribution >= 0.6 is 15.9 Å². The van der Waals surface area contributed by atoms with E-state index < -0.39 is 6.10 Å². The van der Waals surface area contributed by atoms with Crippen LogP contribution in [0.25, 0.3) is 15.7 Å². The molecule has 0 saturated heterocycles. The van der Waals surface area contributed by atoms with Gasteiger partial charge in [0.1, 0.15) is 0 Å². The Labute approximate surface area is 154 Å².